The SMILES string of the molecule is CC(Nc1ncnc(Oc2ccc(Br)c3cccnc23)c1[N+](=O)[O-])c1ccccc1. The van der Waals surface area contributed by atoms with Crippen LogP contribution in [0.1, 0.15) is 18.5 Å². The van der Waals surface area contributed by atoms with E-state index in [1.54, 1.807) is 24.4 Å². The zero-order valence-electron chi connectivity index (χ0n) is 15.8. The Labute approximate surface area is 180 Å². The van der Waals surface area contributed by atoms with Crippen LogP contribution in [0.5, 0.6) is 11.6 Å². The van der Waals surface area contributed by atoms with Gasteiger partial charge in [-0.15, -0.1) is 0 Å². The number of hydrogen-bond donors (Lipinski definition) is 1. The van der Waals surface area contributed by atoms with E-state index in [1.807, 2.05) is 43.3 Å². The predicted octanol–water partition coefficient (Wildman–Crippen LogP) is 5.66. The number of fused-ring (bicyclic) bond motifs is 1. The summed E-state index contributed by atoms with van der Waals surface area (Å²) < 4.78 is 6.69. The van der Waals surface area contributed by atoms with Crippen molar-refractivity contribution in [3.63, 3.8) is 0 Å². The largest absolute Gasteiger partial charge is 0.431 e. The van der Waals surface area contributed by atoms with Gasteiger partial charge in [-0.25, -0.2) is 4.98 Å². The van der Waals surface area contributed by atoms with E-state index in [9.17, 15) is 10.1 Å². The highest BCUT2D eigenvalue weighted by Crippen LogP contribution is 2.38. The molecule has 1 N–H and O–H groups in total. The maximum atomic E-state index is 11.9. The van der Waals surface area contributed by atoms with Gasteiger partial charge in [-0.05, 0) is 30.7 Å². The van der Waals surface area contributed by atoms with Crippen molar-refractivity contribution in [1.29, 1.82) is 0 Å². The first-order chi connectivity index (χ1) is 14.5. The van der Waals surface area contributed by atoms with E-state index in [0.29, 0.717) is 11.3 Å². The number of nitrogens with one attached hydrogen (secondary N) is 1. The van der Waals surface area contributed by atoms with Crippen LogP contribution in [-0.4, -0.2) is 19.9 Å². The Bertz CT molecular complexity index is 1220. The Hall–Kier alpha value is -3.59. The number of hydrogen-bond acceptors (Lipinski definition) is 7. The minimum absolute atomic E-state index is 0.0794. The lowest BCUT2D eigenvalue weighted by Gasteiger charge is -2.15. The van der Waals surface area contributed by atoms with E-state index in [1.165, 1.54) is 6.33 Å². The fourth-order valence-electron chi connectivity index (χ4n) is 3.04. The number of halogens is 1. The van der Waals surface area contributed by atoms with Crippen LogP contribution in [0.2, 0.25) is 0 Å². The normalized spacial score (nSPS) is 11.8. The van der Waals surface area contributed by atoms with Crippen LogP contribution in [0.15, 0.2) is 71.6 Å². The molecule has 2 aromatic carbocycles. The van der Waals surface area contributed by atoms with E-state index in [0.717, 1.165) is 15.4 Å². The van der Waals surface area contributed by atoms with Crippen LogP contribution in [0.25, 0.3) is 10.9 Å². The van der Waals surface area contributed by atoms with Gasteiger partial charge in [-0.3, -0.25) is 15.1 Å². The van der Waals surface area contributed by atoms with Gasteiger partial charge in [0.05, 0.1) is 11.0 Å². The number of rotatable bonds is 6. The number of ether oxygens (including phenoxy) is 1. The highest BCUT2D eigenvalue weighted by Gasteiger charge is 2.27. The molecule has 0 spiro atoms. The lowest BCUT2D eigenvalue weighted by molar-refractivity contribution is -0.385. The van der Waals surface area contributed by atoms with E-state index >= 15 is 0 Å². The zero-order chi connectivity index (χ0) is 21.1. The van der Waals surface area contributed by atoms with Crippen LogP contribution in [0.3, 0.4) is 0 Å². The van der Waals surface area contributed by atoms with Crippen LogP contribution in [0, 0.1) is 10.1 Å². The molecule has 0 aliphatic rings. The van der Waals surface area contributed by atoms with E-state index in [2.05, 4.69) is 36.2 Å². The fraction of sp³-hybridized carbons (Fsp3) is 0.0952. The quantitative estimate of drug-likeness (QED) is 0.289. The van der Waals surface area contributed by atoms with Crippen LogP contribution >= 0.6 is 15.9 Å². The number of anilines is 1. The second-order valence-electron chi connectivity index (χ2n) is 6.46. The van der Waals surface area contributed by atoms with Gasteiger partial charge in [0.15, 0.2) is 5.75 Å². The average Bonchev–Trinajstić information content (AvgIpc) is 2.76. The van der Waals surface area contributed by atoms with Crippen molar-refractivity contribution in [3.05, 3.63) is 87.3 Å². The highest BCUT2D eigenvalue weighted by atomic mass is 79.9. The average molecular weight is 466 g/mol. The summed E-state index contributed by atoms with van der Waals surface area (Å²) in [4.78, 5) is 23.7. The summed E-state index contributed by atoms with van der Waals surface area (Å²) in [6.45, 7) is 1.90. The van der Waals surface area contributed by atoms with Crippen LogP contribution < -0.4 is 10.1 Å². The second kappa shape index (κ2) is 8.42. The van der Waals surface area contributed by atoms with Gasteiger partial charge in [-0.2, -0.15) is 4.98 Å². The monoisotopic (exact) mass is 465 g/mol. The number of nitrogens with zero attached hydrogens (tertiary/aromatic N) is 4. The van der Waals surface area contributed by atoms with Crippen molar-refractivity contribution < 1.29 is 9.66 Å². The molecule has 2 aromatic heterocycles. The molecule has 0 fully saturated rings. The molecule has 9 heteroatoms. The Kier molecular flexibility index (Phi) is 5.53. The third-order valence-electron chi connectivity index (χ3n) is 4.51. The van der Waals surface area contributed by atoms with Crippen molar-refractivity contribution in [2.45, 2.75) is 13.0 Å². The minimum Gasteiger partial charge on any atom is -0.431 e. The molecule has 0 aliphatic carbocycles. The van der Waals surface area contributed by atoms with Gasteiger partial charge in [0.25, 0.3) is 0 Å². The maximum Gasteiger partial charge on any atom is 0.373 e. The first-order valence-corrected chi connectivity index (χ1v) is 9.86. The molecule has 4 aromatic rings. The number of benzene rings is 2. The van der Waals surface area contributed by atoms with Gasteiger partial charge < -0.3 is 10.1 Å². The molecule has 0 radical (unpaired) electrons. The number of pyridine rings is 1. The zero-order valence-corrected chi connectivity index (χ0v) is 17.4. The molecular weight excluding hydrogens is 450 g/mol. The molecule has 0 bridgehead atoms. The second-order valence-corrected chi connectivity index (χ2v) is 7.31. The number of aromatic nitrogens is 3. The van der Waals surface area contributed by atoms with Gasteiger partial charge in [0, 0.05) is 16.1 Å². The first kappa shape index (κ1) is 19.7. The molecule has 0 aliphatic heterocycles. The van der Waals surface area contributed by atoms with Crippen molar-refractivity contribution >= 4 is 38.3 Å². The topological polar surface area (TPSA) is 103 Å². The van der Waals surface area contributed by atoms with Gasteiger partial charge in [0.2, 0.25) is 5.82 Å². The molecule has 0 saturated heterocycles. The van der Waals surface area contributed by atoms with Crippen LogP contribution in [0.4, 0.5) is 11.5 Å². The molecule has 1 unspecified atom stereocenters. The summed E-state index contributed by atoms with van der Waals surface area (Å²) in [5, 5.41) is 15.8. The van der Waals surface area contributed by atoms with Crippen molar-refractivity contribution in [2.24, 2.45) is 0 Å². The molecule has 150 valence electrons. The third-order valence-corrected chi connectivity index (χ3v) is 5.20. The Balaban J connectivity index is 1.72. The lowest BCUT2D eigenvalue weighted by atomic mass is 10.1. The fourth-order valence-corrected chi connectivity index (χ4v) is 3.49. The Morgan fingerprint density at radius 3 is 2.63 bits per heavy atom. The maximum absolute atomic E-state index is 11.9. The minimum atomic E-state index is -0.552. The number of nitro groups is 1. The van der Waals surface area contributed by atoms with Crippen molar-refractivity contribution in [1.82, 2.24) is 15.0 Å². The third kappa shape index (κ3) is 3.92. The molecule has 1 atom stereocenters. The molecule has 0 saturated carbocycles. The summed E-state index contributed by atoms with van der Waals surface area (Å²) in [6.07, 6.45) is 2.86. The van der Waals surface area contributed by atoms with E-state index < -0.39 is 4.92 Å². The molecule has 4 rings (SSSR count). The summed E-state index contributed by atoms with van der Waals surface area (Å²) in [5.74, 6) is 0.278. The summed E-state index contributed by atoms with van der Waals surface area (Å²) >= 11 is 3.48. The molecular formula is C21H16BrN5O3. The first-order valence-electron chi connectivity index (χ1n) is 9.06. The summed E-state index contributed by atoms with van der Waals surface area (Å²) in [5.41, 5.74) is 1.19. The van der Waals surface area contributed by atoms with E-state index in [-0.39, 0.29) is 23.4 Å². The Morgan fingerprint density at radius 1 is 1.07 bits per heavy atom. The lowest BCUT2D eigenvalue weighted by Crippen LogP contribution is -2.11. The van der Waals surface area contributed by atoms with Crippen molar-refractivity contribution in [3.8, 4) is 11.6 Å². The Morgan fingerprint density at radius 2 is 1.87 bits per heavy atom. The highest BCUT2D eigenvalue weighted by molar-refractivity contribution is 9.10. The molecule has 8 nitrogen and oxygen atoms in total. The van der Waals surface area contributed by atoms with Gasteiger partial charge >= 0.3 is 11.6 Å². The van der Waals surface area contributed by atoms with Gasteiger partial charge in [0.1, 0.15) is 11.8 Å². The standard InChI is InChI=1S/C21H16BrN5O3/c1-13(14-6-3-2-4-7-14)26-20-19(27(28)29)21(25-12-24-20)30-17-10-9-16(22)15-8-5-11-23-18(15)17/h2-13H,1H3,(H,24,25,26). The summed E-state index contributed by atoms with van der Waals surface area (Å²) in [6, 6.07) is 16.5. The molecule has 30 heavy (non-hydrogen) atoms. The smallest absolute Gasteiger partial charge is 0.373 e. The predicted molar refractivity (Wildman–Crippen MR) is 117 cm³/mol. The van der Waals surface area contributed by atoms with Gasteiger partial charge in [-0.1, -0.05) is 52.3 Å². The van der Waals surface area contributed by atoms with E-state index in [4.69, 9.17) is 4.74 Å². The molecule has 0 amide bonds. The van der Waals surface area contributed by atoms with Crippen molar-refractivity contribution in [2.75, 3.05) is 5.32 Å². The summed E-state index contributed by atoms with van der Waals surface area (Å²) in [7, 11) is 0. The van der Waals surface area contributed by atoms with Crippen LogP contribution in [-0.2, 0) is 0 Å². The molecule has 2 heterocycles.